The molecule has 2 fully saturated rings. The third kappa shape index (κ3) is 1.98. The van der Waals surface area contributed by atoms with Crippen molar-refractivity contribution in [2.24, 2.45) is 16.7 Å². The highest BCUT2D eigenvalue weighted by Gasteiger charge is 2.65. The number of carbonyl (C=O) groups excluding carboxylic acids is 1. The average molecular weight is 318 g/mol. The van der Waals surface area contributed by atoms with Gasteiger partial charge in [0.1, 0.15) is 0 Å². The summed E-state index contributed by atoms with van der Waals surface area (Å²) in [6.45, 7) is 9.39. The molecule has 4 nitrogen and oxygen atoms in total. The van der Waals surface area contributed by atoms with Crippen molar-refractivity contribution in [3.05, 3.63) is 36.0 Å². The topological polar surface area (TPSA) is 66.8 Å². The van der Waals surface area contributed by atoms with Crippen molar-refractivity contribution in [1.29, 1.82) is 0 Å². The van der Waals surface area contributed by atoms with Gasteiger partial charge in [0.25, 0.3) is 0 Å². The molecule has 2 N–H and O–H groups in total. The number of aliphatic hydroxyl groups excluding tert-OH is 2. The van der Waals surface area contributed by atoms with Crippen LogP contribution in [-0.2, 0) is 9.53 Å². The van der Waals surface area contributed by atoms with E-state index in [0.29, 0.717) is 5.57 Å². The maximum Gasteiger partial charge on any atom is 0.170 e. The van der Waals surface area contributed by atoms with Crippen LogP contribution in [0.4, 0.5) is 0 Å². The lowest BCUT2D eigenvalue weighted by Gasteiger charge is -2.39. The van der Waals surface area contributed by atoms with Crippen molar-refractivity contribution < 1.29 is 19.7 Å². The van der Waals surface area contributed by atoms with Crippen LogP contribution in [0.5, 0.6) is 0 Å². The fourth-order valence-electron chi connectivity index (χ4n) is 4.69. The Morgan fingerprint density at radius 3 is 2.57 bits per heavy atom. The molecule has 4 heteroatoms. The third-order valence-corrected chi connectivity index (χ3v) is 6.20. The number of hydrogen-bond acceptors (Lipinski definition) is 4. The number of carbonyl (C=O) groups is 1. The summed E-state index contributed by atoms with van der Waals surface area (Å²) in [5, 5.41) is 20.7. The lowest BCUT2D eigenvalue weighted by molar-refractivity contribution is -0.131. The highest BCUT2D eigenvalue weighted by atomic mass is 16.5. The molecule has 0 radical (unpaired) electrons. The van der Waals surface area contributed by atoms with Gasteiger partial charge in [-0.3, -0.25) is 4.79 Å². The summed E-state index contributed by atoms with van der Waals surface area (Å²) in [6, 6.07) is 0. The summed E-state index contributed by atoms with van der Waals surface area (Å²) in [5.41, 5.74) is 1.37. The van der Waals surface area contributed by atoms with Gasteiger partial charge in [0.2, 0.25) is 0 Å². The molecule has 3 rings (SSSR count). The zero-order valence-corrected chi connectivity index (χ0v) is 14.0. The molecule has 2 saturated carbocycles. The molecule has 23 heavy (non-hydrogen) atoms. The van der Waals surface area contributed by atoms with Crippen molar-refractivity contribution in [1.82, 2.24) is 0 Å². The van der Waals surface area contributed by atoms with Gasteiger partial charge in [0.05, 0.1) is 24.2 Å². The van der Waals surface area contributed by atoms with Crippen molar-refractivity contribution in [3.8, 4) is 0 Å². The van der Waals surface area contributed by atoms with E-state index >= 15 is 0 Å². The molecule has 4 atom stereocenters. The Labute approximate surface area is 137 Å². The minimum absolute atomic E-state index is 0.0752. The second-order valence-electron chi connectivity index (χ2n) is 7.36. The van der Waals surface area contributed by atoms with Crippen LogP contribution in [0.25, 0.3) is 0 Å². The zero-order chi connectivity index (χ0) is 17.0. The number of fused-ring (bicyclic) bond motifs is 1. The van der Waals surface area contributed by atoms with Gasteiger partial charge >= 0.3 is 0 Å². The van der Waals surface area contributed by atoms with E-state index < -0.39 is 23.5 Å². The number of methoxy groups -OCH3 is 1. The van der Waals surface area contributed by atoms with E-state index in [0.717, 1.165) is 36.8 Å². The molecule has 4 unspecified atom stereocenters. The molecule has 3 aliphatic rings. The van der Waals surface area contributed by atoms with Gasteiger partial charge in [-0.2, -0.15) is 0 Å². The summed E-state index contributed by atoms with van der Waals surface area (Å²) >= 11 is 0. The van der Waals surface area contributed by atoms with Crippen molar-refractivity contribution >= 4 is 5.78 Å². The van der Waals surface area contributed by atoms with E-state index in [-0.39, 0.29) is 17.8 Å². The predicted octanol–water partition coefficient (Wildman–Crippen LogP) is 2.17. The highest BCUT2D eigenvalue weighted by Crippen LogP contribution is 2.66. The summed E-state index contributed by atoms with van der Waals surface area (Å²) in [6.07, 6.45) is 3.95. The second kappa shape index (κ2) is 5.40. The largest absolute Gasteiger partial charge is 0.395 e. The minimum Gasteiger partial charge on any atom is -0.395 e. The lowest BCUT2D eigenvalue weighted by atomic mass is 9.69. The standard InChI is InChI=1S/C19H26O4/c1-5-6-7-12-13-14(15(21)11(2)19(12)8-9-19)17(23-4)18(3,10-20)16(13)22/h5,14-15,17,20-21H,1-2,6-10H2,3-4H3. The monoisotopic (exact) mass is 318 g/mol. The van der Waals surface area contributed by atoms with Gasteiger partial charge < -0.3 is 14.9 Å². The van der Waals surface area contributed by atoms with E-state index in [9.17, 15) is 15.0 Å². The van der Waals surface area contributed by atoms with Crippen LogP contribution in [0, 0.1) is 16.7 Å². The predicted molar refractivity (Wildman–Crippen MR) is 87.8 cm³/mol. The number of allylic oxidation sites excluding steroid dienone is 2. The van der Waals surface area contributed by atoms with Crippen molar-refractivity contribution in [2.75, 3.05) is 13.7 Å². The smallest absolute Gasteiger partial charge is 0.170 e. The summed E-state index contributed by atoms with van der Waals surface area (Å²) < 4.78 is 5.58. The summed E-state index contributed by atoms with van der Waals surface area (Å²) in [5.74, 6) is -0.503. The molecule has 0 aliphatic heterocycles. The van der Waals surface area contributed by atoms with Gasteiger partial charge in [-0.25, -0.2) is 0 Å². The second-order valence-corrected chi connectivity index (χ2v) is 7.36. The first-order chi connectivity index (χ1) is 10.9. The van der Waals surface area contributed by atoms with Crippen LogP contribution >= 0.6 is 0 Å². The Balaban J connectivity index is 2.20. The Morgan fingerprint density at radius 1 is 1.43 bits per heavy atom. The van der Waals surface area contributed by atoms with E-state index in [4.69, 9.17) is 4.74 Å². The van der Waals surface area contributed by atoms with Crippen LogP contribution in [-0.4, -0.2) is 41.9 Å². The van der Waals surface area contributed by atoms with Crippen LogP contribution in [0.1, 0.15) is 32.6 Å². The molecule has 0 aromatic heterocycles. The molecule has 126 valence electrons. The molecule has 3 aliphatic carbocycles. The number of ether oxygens (including phenoxy) is 1. The van der Waals surface area contributed by atoms with Gasteiger partial charge in [-0.15, -0.1) is 6.58 Å². The fourth-order valence-corrected chi connectivity index (χ4v) is 4.69. The molecular formula is C19H26O4. The van der Waals surface area contributed by atoms with Crippen LogP contribution in [0.15, 0.2) is 36.0 Å². The average Bonchev–Trinajstić information content (AvgIpc) is 3.31. The quantitative estimate of drug-likeness (QED) is 0.763. The highest BCUT2D eigenvalue weighted by molar-refractivity contribution is 6.05. The minimum atomic E-state index is -1.00. The number of aliphatic hydroxyl groups is 2. The third-order valence-electron chi connectivity index (χ3n) is 6.20. The molecule has 1 spiro atoms. The van der Waals surface area contributed by atoms with Crippen molar-refractivity contribution in [2.45, 2.75) is 44.8 Å². The van der Waals surface area contributed by atoms with Gasteiger partial charge in [0, 0.05) is 24.0 Å². The molecule has 0 aromatic carbocycles. The number of Topliss-reactive ketones (excluding diaryl/α,β-unsaturated/α-hetero) is 1. The molecule has 0 bridgehead atoms. The van der Waals surface area contributed by atoms with Crippen LogP contribution in [0.2, 0.25) is 0 Å². The first-order valence-electron chi connectivity index (χ1n) is 8.29. The Morgan fingerprint density at radius 2 is 2.09 bits per heavy atom. The molecular weight excluding hydrogens is 292 g/mol. The van der Waals surface area contributed by atoms with Gasteiger partial charge in [0.15, 0.2) is 5.78 Å². The number of hydrogen-bond donors (Lipinski definition) is 2. The Bertz CT molecular complexity index is 598. The number of rotatable bonds is 5. The van der Waals surface area contributed by atoms with E-state index in [1.165, 1.54) is 7.11 Å². The molecule has 0 amide bonds. The first kappa shape index (κ1) is 16.6. The van der Waals surface area contributed by atoms with Crippen LogP contribution in [0.3, 0.4) is 0 Å². The first-order valence-corrected chi connectivity index (χ1v) is 8.29. The van der Waals surface area contributed by atoms with E-state index in [1.54, 1.807) is 6.92 Å². The normalized spacial score (nSPS) is 38.2. The maximum atomic E-state index is 13.1. The summed E-state index contributed by atoms with van der Waals surface area (Å²) in [7, 11) is 1.54. The molecule has 0 heterocycles. The summed E-state index contributed by atoms with van der Waals surface area (Å²) in [4.78, 5) is 13.1. The van der Waals surface area contributed by atoms with Gasteiger partial charge in [-0.1, -0.05) is 18.2 Å². The maximum absolute atomic E-state index is 13.1. The van der Waals surface area contributed by atoms with E-state index in [1.807, 2.05) is 6.08 Å². The SMILES string of the molecule is C=CCCC1=C2C(=O)C(C)(CO)C(OC)C2C(O)C(=C)C12CC2. The van der Waals surface area contributed by atoms with E-state index in [2.05, 4.69) is 13.2 Å². The Kier molecular flexibility index (Phi) is 3.90. The molecule has 0 aromatic rings. The molecule has 0 saturated heterocycles. The van der Waals surface area contributed by atoms with Gasteiger partial charge in [-0.05, 0) is 38.2 Å². The van der Waals surface area contributed by atoms with Crippen molar-refractivity contribution in [3.63, 3.8) is 0 Å². The fraction of sp³-hybridized carbons (Fsp3) is 0.632. The zero-order valence-electron chi connectivity index (χ0n) is 14.0. The van der Waals surface area contributed by atoms with Crippen LogP contribution < -0.4 is 0 Å². The Hall–Kier alpha value is -1.23. The lowest BCUT2D eigenvalue weighted by Crippen LogP contribution is -2.44. The number of ketones is 1.